The molecule has 0 radical (unpaired) electrons. The van der Waals surface area contributed by atoms with Gasteiger partial charge in [-0.1, -0.05) is 37.3 Å². The van der Waals surface area contributed by atoms with Crippen LogP contribution in [0.25, 0.3) is 0 Å². The molecule has 2 fully saturated rings. The summed E-state index contributed by atoms with van der Waals surface area (Å²) in [5, 5.41) is 7.16. The van der Waals surface area contributed by atoms with E-state index in [9.17, 15) is 0 Å². The van der Waals surface area contributed by atoms with Gasteiger partial charge in [-0.25, -0.2) is 0 Å². The molecule has 0 spiro atoms. The highest BCUT2D eigenvalue weighted by atomic mass is 32.1. The number of hydrogen-bond donors (Lipinski definition) is 2. The van der Waals surface area contributed by atoms with E-state index in [0.717, 1.165) is 57.2 Å². The summed E-state index contributed by atoms with van der Waals surface area (Å²) in [6, 6.07) is 12.7. The van der Waals surface area contributed by atoms with E-state index in [0.29, 0.717) is 17.0 Å². The van der Waals surface area contributed by atoms with Crippen LogP contribution in [-0.4, -0.2) is 47.8 Å². The molecule has 1 atom stereocenters. The first-order chi connectivity index (χ1) is 15.7. The van der Waals surface area contributed by atoms with Gasteiger partial charge in [0.05, 0.1) is 0 Å². The van der Waals surface area contributed by atoms with Crippen molar-refractivity contribution in [2.45, 2.75) is 51.9 Å². The second-order valence-corrected chi connectivity index (χ2v) is 9.53. The first-order valence-corrected chi connectivity index (χ1v) is 12.6. The molecular weight excluding hydrogens is 416 g/mol. The molecule has 1 aromatic heterocycles. The van der Waals surface area contributed by atoms with Gasteiger partial charge in [-0.3, -0.25) is 0 Å². The molecule has 32 heavy (non-hydrogen) atoms. The van der Waals surface area contributed by atoms with Crippen molar-refractivity contribution in [1.82, 2.24) is 15.3 Å². The lowest BCUT2D eigenvalue weighted by Gasteiger charge is -2.33. The van der Waals surface area contributed by atoms with E-state index < -0.39 is 0 Å². The van der Waals surface area contributed by atoms with Gasteiger partial charge in [0.2, 0.25) is 5.95 Å². The van der Waals surface area contributed by atoms with Crippen molar-refractivity contribution in [1.29, 1.82) is 0 Å². The Hall–Kier alpha value is -2.41. The molecule has 172 valence electrons. The zero-order valence-electron chi connectivity index (χ0n) is 19.2. The number of hydrogen-bond acceptors (Lipinski definition) is 5. The number of piperidine rings is 2. The molecule has 0 bridgehead atoms. The third-order valence-electron chi connectivity index (χ3n) is 6.36. The topological polar surface area (TPSA) is 56.3 Å². The second kappa shape index (κ2) is 11.5. The minimum absolute atomic E-state index is 0.590. The van der Waals surface area contributed by atoms with Crippen LogP contribution in [0.4, 0.5) is 17.6 Å². The molecule has 3 heterocycles. The molecule has 2 aromatic rings. The molecule has 2 aliphatic heterocycles. The number of benzene rings is 1. The summed E-state index contributed by atoms with van der Waals surface area (Å²) in [7, 11) is 0. The summed E-state index contributed by atoms with van der Waals surface area (Å²) in [5.74, 6) is 3.33. The van der Waals surface area contributed by atoms with Crippen molar-refractivity contribution in [2.24, 2.45) is 5.92 Å². The highest BCUT2D eigenvalue weighted by Crippen LogP contribution is 2.27. The third-order valence-corrected chi connectivity index (χ3v) is 6.60. The van der Waals surface area contributed by atoms with E-state index >= 15 is 0 Å². The Morgan fingerprint density at radius 1 is 1.00 bits per heavy atom. The fraction of sp³-hybridized carbons (Fsp3) is 0.560. The van der Waals surface area contributed by atoms with Crippen molar-refractivity contribution in [3.63, 3.8) is 0 Å². The van der Waals surface area contributed by atoms with E-state index in [4.69, 9.17) is 22.2 Å². The molecule has 2 aliphatic rings. The van der Waals surface area contributed by atoms with Gasteiger partial charge in [0.1, 0.15) is 11.6 Å². The Kier molecular flexibility index (Phi) is 8.15. The number of anilines is 3. The zero-order valence-corrected chi connectivity index (χ0v) is 20.0. The average molecular weight is 453 g/mol. The molecule has 4 rings (SSSR count). The maximum Gasteiger partial charge on any atom is 0.232 e. The average Bonchev–Trinajstić information content (AvgIpc) is 2.83. The van der Waals surface area contributed by atoms with Gasteiger partial charge >= 0.3 is 0 Å². The Labute approximate surface area is 197 Å². The van der Waals surface area contributed by atoms with Crippen LogP contribution in [0.15, 0.2) is 36.4 Å². The monoisotopic (exact) mass is 452 g/mol. The smallest absolute Gasteiger partial charge is 0.232 e. The number of aromatic nitrogens is 2. The fourth-order valence-electron chi connectivity index (χ4n) is 4.61. The Morgan fingerprint density at radius 2 is 1.72 bits per heavy atom. The van der Waals surface area contributed by atoms with Gasteiger partial charge in [-0.15, -0.1) is 0 Å². The molecular formula is C25H36N6S. The van der Waals surface area contributed by atoms with Crippen LogP contribution < -0.4 is 20.4 Å². The van der Waals surface area contributed by atoms with Gasteiger partial charge in [-0.2, -0.15) is 9.97 Å². The van der Waals surface area contributed by atoms with Gasteiger partial charge in [0.25, 0.3) is 0 Å². The summed E-state index contributed by atoms with van der Waals surface area (Å²) < 4.78 is 0. The Morgan fingerprint density at radius 3 is 2.47 bits per heavy atom. The maximum absolute atomic E-state index is 5.55. The van der Waals surface area contributed by atoms with Crippen LogP contribution in [0.5, 0.6) is 0 Å². The summed E-state index contributed by atoms with van der Waals surface area (Å²) in [4.78, 5) is 14.5. The predicted molar refractivity (Wildman–Crippen MR) is 138 cm³/mol. The predicted octanol–water partition coefficient (Wildman–Crippen LogP) is 4.62. The molecule has 0 unspecified atom stereocenters. The quantitative estimate of drug-likeness (QED) is 0.469. The van der Waals surface area contributed by atoms with E-state index in [2.05, 4.69) is 63.8 Å². The fourth-order valence-corrected chi connectivity index (χ4v) is 4.80. The summed E-state index contributed by atoms with van der Waals surface area (Å²) >= 11 is 5.55. The zero-order chi connectivity index (χ0) is 22.2. The SMILES string of the molecule is C[C@H]1CCCN(c2cc(N3CCCCC3)nc(NC(=S)NCCCc3ccccc3)n2)C1. The van der Waals surface area contributed by atoms with E-state index in [-0.39, 0.29) is 0 Å². The summed E-state index contributed by atoms with van der Waals surface area (Å²) in [6.45, 7) is 7.39. The van der Waals surface area contributed by atoms with Gasteiger partial charge < -0.3 is 20.4 Å². The van der Waals surface area contributed by atoms with Crippen LogP contribution in [-0.2, 0) is 6.42 Å². The van der Waals surface area contributed by atoms with Gasteiger partial charge in [0, 0.05) is 38.8 Å². The van der Waals surface area contributed by atoms with E-state index in [1.54, 1.807) is 0 Å². The molecule has 6 nitrogen and oxygen atoms in total. The second-order valence-electron chi connectivity index (χ2n) is 9.12. The first-order valence-electron chi connectivity index (χ1n) is 12.1. The molecule has 7 heteroatoms. The third kappa shape index (κ3) is 6.55. The summed E-state index contributed by atoms with van der Waals surface area (Å²) in [6.07, 6.45) is 8.33. The summed E-state index contributed by atoms with van der Waals surface area (Å²) in [5.41, 5.74) is 1.35. The van der Waals surface area contributed by atoms with E-state index in [1.807, 2.05) is 0 Å². The molecule has 2 saturated heterocycles. The first kappa shape index (κ1) is 22.8. The highest BCUT2D eigenvalue weighted by molar-refractivity contribution is 7.80. The van der Waals surface area contributed by atoms with Crippen LogP contribution in [0.2, 0.25) is 0 Å². The molecule has 0 amide bonds. The number of thiocarbonyl (C=S) groups is 1. The van der Waals surface area contributed by atoms with Crippen molar-refractivity contribution >= 4 is 34.9 Å². The standard InChI is InChI=1S/C25H36N6S/c1-20-10-9-17-31(19-20)23-18-22(30-15-6-3-7-16-30)27-24(28-23)29-25(32)26-14-8-13-21-11-4-2-5-12-21/h2,4-5,11-12,18,20H,3,6-10,13-17,19H2,1H3,(H2,26,27,28,29,32)/t20-/m0/s1. The maximum atomic E-state index is 5.55. The van der Waals surface area contributed by atoms with Crippen molar-refractivity contribution in [2.75, 3.05) is 47.8 Å². The lowest BCUT2D eigenvalue weighted by molar-refractivity contribution is 0.444. The van der Waals surface area contributed by atoms with Crippen LogP contribution in [0.1, 0.15) is 51.0 Å². The number of rotatable bonds is 7. The normalized spacial score (nSPS) is 19.0. The van der Waals surface area contributed by atoms with Crippen LogP contribution in [0.3, 0.4) is 0 Å². The van der Waals surface area contributed by atoms with E-state index in [1.165, 1.54) is 37.7 Å². The minimum Gasteiger partial charge on any atom is -0.362 e. The largest absolute Gasteiger partial charge is 0.362 e. The molecule has 0 saturated carbocycles. The van der Waals surface area contributed by atoms with Crippen molar-refractivity contribution < 1.29 is 0 Å². The Bertz CT molecular complexity index is 868. The minimum atomic E-state index is 0.590. The molecule has 2 N–H and O–H groups in total. The highest BCUT2D eigenvalue weighted by Gasteiger charge is 2.21. The number of nitrogens with zero attached hydrogens (tertiary/aromatic N) is 4. The lowest BCUT2D eigenvalue weighted by atomic mass is 10.0. The van der Waals surface area contributed by atoms with Crippen molar-refractivity contribution in [3.05, 3.63) is 42.0 Å². The molecule has 0 aliphatic carbocycles. The van der Waals surface area contributed by atoms with Gasteiger partial charge in [-0.05, 0) is 68.6 Å². The number of nitrogens with one attached hydrogen (secondary N) is 2. The lowest BCUT2D eigenvalue weighted by Crippen LogP contribution is -2.36. The van der Waals surface area contributed by atoms with Gasteiger partial charge in [0.15, 0.2) is 5.11 Å². The number of aryl methyl sites for hydroxylation is 1. The van der Waals surface area contributed by atoms with Crippen LogP contribution in [0, 0.1) is 5.92 Å². The Balaban J connectivity index is 1.39. The molecule has 1 aromatic carbocycles. The van der Waals surface area contributed by atoms with Crippen molar-refractivity contribution in [3.8, 4) is 0 Å². The van der Waals surface area contributed by atoms with Crippen LogP contribution >= 0.6 is 12.2 Å².